The van der Waals surface area contributed by atoms with Gasteiger partial charge in [-0.15, -0.1) is 0 Å². The number of hydrogen-bond donors (Lipinski definition) is 2. The Hall–Kier alpha value is -0.860. The Morgan fingerprint density at radius 3 is 2.38 bits per heavy atom. The molecule has 0 aliphatic carbocycles. The molecule has 0 unspecified atom stereocenters. The smallest absolute Gasteiger partial charge is 0.0137 e. The third-order valence-electron chi connectivity index (χ3n) is 2.91. The van der Waals surface area contributed by atoms with Gasteiger partial charge in [0.2, 0.25) is 0 Å². The number of aryl methyl sites for hydroxylation is 1. The van der Waals surface area contributed by atoms with Crippen LogP contribution in [0.2, 0.25) is 0 Å². The van der Waals surface area contributed by atoms with Crippen molar-refractivity contribution in [2.45, 2.75) is 39.2 Å². The number of nitrogens with two attached hydrogens (primary N) is 1. The minimum absolute atomic E-state index is 0.152. The van der Waals surface area contributed by atoms with Crippen molar-refractivity contribution in [1.29, 1.82) is 0 Å². The SMILES string of the molecule is Cc1ccc(CCNC(C)(C)CCN)cc1. The Labute approximate surface area is 99.2 Å². The zero-order chi connectivity index (χ0) is 12.0. The van der Waals surface area contributed by atoms with Crippen molar-refractivity contribution in [3.63, 3.8) is 0 Å². The molecule has 2 nitrogen and oxygen atoms in total. The molecule has 0 amide bonds. The van der Waals surface area contributed by atoms with Crippen molar-refractivity contribution < 1.29 is 0 Å². The van der Waals surface area contributed by atoms with E-state index >= 15 is 0 Å². The minimum atomic E-state index is 0.152. The zero-order valence-electron chi connectivity index (χ0n) is 10.7. The average molecular weight is 220 g/mol. The molecule has 0 spiro atoms. The van der Waals surface area contributed by atoms with Gasteiger partial charge in [0.05, 0.1) is 0 Å². The van der Waals surface area contributed by atoms with Crippen molar-refractivity contribution in [3.8, 4) is 0 Å². The van der Waals surface area contributed by atoms with Gasteiger partial charge >= 0.3 is 0 Å². The fourth-order valence-electron chi connectivity index (χ4n) is 1.75. The normalized spacial score (nSPS) is 11.8. The molecule has 0 radical (unpaired) electrons. The van der Waals surface area contributed by atoms with Crippen LogP contribution in [0, 0.1) is 6.92 Å². The van der Waals surface area contributed by atoms with Gasteiger partial charge in [0.1, 0.15) is 0 Å². The Kier molecular flexibility index (Phi) is 4.97. The first-order chi connectivity index (χ1) is 7.53. The number of benzene rings is 1. The molecule has 1 aromatic carbocycles. The van der Waals surface area contributed by atoms with Gasteiger partial charge in [0.15, 0.2) is 0 Å². The second kappa shape index (κ2) is 6.02. The fraction of sp³-hybridized carbons (Fsp3) is 0.571. The quantitative estimate of drug-likeness (QED) is 0.771. The van der Waals surface area contributed by atoms with E-state index in [0.29, 0.717) is 0 Å². The second-order valence-electron chi connectivity index (χ2n) is 5.08. The highest BCUT2D eigenvalue weighted by molar-refractivity contribution is 5.21. The standard InChI is InChI=1S/C14H24N2/c1-12-4-6-13(7-5-12)8-11-16-14(2,3)9-10-15/h4-7,16H,8-11,15H2,1-3H3. The molecular weight excluding hydrogens is 196 g/mol. The van der Waals surface area contributed by atoms with E-state index in [1.165, 1.54) is 11.1 Å². The van der Waals surface area contributed by atoms with E-state index in [1.54, 1.807) is 0 Å². The lowest BCUT2D eigenvalue weighted by atomic mass is 10.0. The van der Waals surface area contributed by atoms with E-state index in [0.717, 1.165) is 25.9 Å². The molecular formula is C14H24N2. The Morgan fingerprint density at radius 1 is 1.19 bits per heavy atom. The Morgan fingerprint density at radius 2 is 1.81 bits per heavy atom. The summed E-state index contributed by atoms with van der Waals surface area (Å²) in [4.78, 5) is 0. The molecule has 0 bridgehead atoms. The van der Waals surface area contributed by atoms with Crippen LogP contribution in [0.1, 0.15) is 31.4 Å². The molecule has 0 heterocycles. The van der Waals surface area contributed by atoms with Crippen LogP contribution < -0.4 is 11.1 Å². The highest BCUT2D eigenvalue weighted by Crippen LogP contribution is 2.08. The van der Waals surface area contributed by atoms with Crippen LogP contribution in [0.3, 0.4) is 0 Å². The first-order valence-electron chi connectivity index (χ1n) is 6.04. The number of hydrogen-bond acceptors (Lipinski definition) is 2. The molecule has 1 aromatic rings. The molecule has 0 aliphatic heterocycles. The summed E-state index contributed by atoms with van der Waals surface area (Å²) in [5.41, 5.74) is 8.44. The molecule has 0 aromatic heterocycles. The van der Waals surface area contributed by atoms with E-state index < -0.39 is 0 Å². The van der Waals surface area contributed by atoms with Crippen LogP contribution in [-0.2, 0) is 6.42 Å². The maximum Gasteiger partial charge on any atom is 0.0137 e. The van der Waals surface area contributed by atoms with Crippen molar-refractivity contribution in [2.24, 2.45) is 5.73 Å². The number of nitrogens with one attached hydrogen (secondary N) is 1. The predicted molar refractivity (Wildman–Crippen MR) is 70.6 cm³/mol. The van der Waals surface area contributed by atoms with Crippen molar-refractivity contribution >= 4 is 0 Å². The first-order valence-corrected chi connectivity index (χ1v) is 6.04. The predicted octanol–water partition coefficient (Wildman–Crippen LogP) is 2.25. The molecule has 1 rings (SSSR count). The van der Waals surface area contributed by atoms with Gasteiger partial charge in [-0.25, -0.2) is 0 Å². The molecule has 0 saturated carbocycles. The van der Waals surface area contributed by atoms with Crippen LogP contribution in [-0.4, -0.2) is 18.6 Å². The maximum absolute atomic E-state index is 5.57. The summed E-state index contributed by atoms with van der Waals surface area (Å²) >= 11 is 0. The first kappa shape index (κ1) is 13.2. The number of rotatable bonds is 6. The third kappa shape index (κ3) is 4.77. The van der Waals surface area contributed by atoms with Crippen LogP contribution in [0.15, 0.2) is 24.3 Å². The lowest BCUT2D eigenvalue weighted by Crippen LogP contribution is -2.41. The van der Waals surface area contributed by atoms with E-state index in [4.69, 9.17) is 5.73 Å². The largest absolute Gasteiger partial charge is 0.330 e. The lowest BCUT2D eigenvalue weighted by Gasteiger charge is -2.25. The van der Waals surface area contributed by atoms with Gasteiger partial charge < -0.3 is 11.1 Å². The monoisotopic (exact) mass is 220 g/mol. The van der Waals surface area contributed by atoms with Gasteiger partial charge in [0, 0.05) is 5.54 Å². The molecule has 0 aliphatic rings. The van der Waals surface area contributed by atoms with Crippen LogP contribution in [0.25, 0.3) is 0 Å². The topological polar surface area (TPSA) is 38.0 Å². The lowest BCUT2D eigenvalue weighted by molar-refractivity contribution is 0.370. The van der Waals surface area contributed by atoms with Crippen molar-refractivity contribution in [1.82, 2.24) is 5.32 Å². The Balaban J connectivity index is 2.32. The Bertz CT molecular complexity index is 301. The second-order valence-corrected chi connectivity index (χ2v) is 5.08. The molecule has 0 saturated heterocycles. The molecule has 2 heteroatoms. The summed E-state index contributed by atoms with van der Waals surface area (Å²) in [5, 5.41) is 3.54. The van der Waals surface area contributed by atoms with Gasteiger partial charge in [-0.2, -0.15) is 0 Å². The van der Waals surface area contributed by atoms with Crippen molar-refractivity contribution in [3.05, 3.63) is 35.4 Å². The summed E-state index contributed by atoms with van der Waals surface area (Å²) in [6.45, 7) is 8.27. The summed E-state index contributed by atoms with van der Waals surface area (Å²) in [7, 11) is 0. The fourth-order valence-corrected chi connectivity index (χ4v) is 1.75. The van der Waals surface area contributed by atoms with Gasteiger partial charge in [-0.1, -0.05) is 29.8 Å². The maximum atomic E-state index is 5.57. The zero-order valence-corrected chi connectivity index (χ0v) is 10.7. The average Bonchev–Trinajstić information content (AvgIpc) is 2.20. The van der Waals surface area contributed by atoms with Gasteiger partial charge in [-0.05, 0) is 52.3 Å². The van der Waals surface area contributed by atoms with E-state index in [1.807, 2.05) is 0 Å². The van der Waals surface area contributed by atoms with E-state index in [-0.39, 0.29) is 5.54 Å². The van der Waals surface area contributed by atoms with E-state index in [2.05, 4.69) is 50.4 Å². The van der Waals surface area contributed by atoms with Crippen LogP contribution >= 0.6 is 0 Å². The molecule has 0 fully saturated rings. The summed E-state index contributed by atoms with van der Waals surface area (Å²) in [6, 6.07) is 8.74. The van der Waals surface area contributed by atoms with Crippen LogP contribution in [0.4, 0.5) is 0 Å². The van der Waals surface area contributed by atoms with E-state index in [9.17, 15) is 0 Å². The highest BCUT2D eigenvalue weighted by Gasteiger charge is 2.14. The molecule has 90 valence electrons. The molecule has 16 heavy (non-hydrogen) atoms. The van der Waals surface area contributed by atoms with Gasteiger partial charge in [-0.3, -0.25) is 0 Å². The molecule has 3 N–H and O–H groups in total. The van der Waals surface area contributed by atoms with Crippen molar-refractivity contribution in [2.75, 3.05) is 13.1 Å². The molecule has 0 atom stereocenters. The summed E-state index contributed by atoms with van der Waals surface area (Å²) in [5.74, 6) is 0. The summed E-state index contributed by atoms with van der Waals surface area (Å²) < 4.78 is 0. The van der Waals surface area contributed by atoms with Crippen LogP contribution in [0.5, 0.6) is 0 Å². The minimum Gasteiger partial charge on any atom is -0.330 e. The van der Waals surface area contributed by atoms with Gasteiger partial charge in [0.25, 0.3) is 0 Å². The highest BCUT2D eigenvalue weighted by atomic mass is 14.9. The third-order valence-corrected chi connectivity index (χ3v) is 2.91. The summed E-state index contributed by atoms with van der Waals surface area (Å²) in [6.07, 6.45) is 2.09.